The molecule has 0 heterocycles. The maximum Gasteiger partial charge on any atom is 0.227 e. The summed E-state index contributed by atoms with van der Waals surface area (Å²) in [5, 5.41) is 9.21. The number of rotatable bonds is 8. The summed E-state index contributed by atoms with van der Waals surface area (Å²) < 4.78 is 0. The Morgan fingerprint density at radius 3 is 2.09 bits per heavy atom. The van der Waals surface area contributed by atoms with Gasteiger partial charge in [0.2, 0.25) is 5.91 Å². The van der Waals surface area contributed by atoms with Gasteiger partial charge in [0.25, 0.3) is 0 Å². The molecule has 0 atom stereocenters. The first-order valence-corrected chi connectivity index (χ1v) is 8.08. The van der Waals surface area contributed by atoms with Gasteiger partial charge in [-0.25, -0.2) is 0 Å². The number of guanidine groups is 1. The van der Waals surface area contributed by atoms with Crippen molar-refractivity contribution in [2.24, 2.45) is 10.4 Å². The molecule has 0 aromatic carbocycles. The Balaban J connectivity index is 4.32. The van der Waals surface area contributed by atoms with E-state index in [-0.39, 0.29) is 5.91 Å². The highest BCUT2D eigenvalue weighted by Crippen LogP contribution is 2.12. The average molecular weight is 313 g/mol. The molecule has 1 amide bonds. The number of carbonyl (C=O) groups excluding carboxylic acids is 1. The van der Waals surface area contributed by atoms with Crippen LogP contribution in [0.2, 0.25) is 0 Å². The minimum absolute atomic E-state index is 0.0150. The number of hydrogen-bond donors (Lipinski definition) is 3. The topological polar surface area (TPSA) is 68.8 Å². The molecule has 0 saturated heterocycles. The fraction of sp³-hybridized carbons (Fsp3) is 0.875. The van der Waals surface area contributed by atoms with Crippen LogP contribution in [0, 0.1) is 5.41 Å². The predicted octanol–water partition coefficient (Wildman–Crippen LogP) is 1.04. The highest BCUT2D eigenvalue weighted by molar-refractivity contribution is 5.84. The molecule has 0 aliphatic heterocycles. The van der Waals surface area contributed by atoms with Crippen LogP contribution in [0.4, 0.5) is 0 Å². The zero-order chi connectivity index (χ0) is 17.3. The number of hydrogen-bond acceptors (Lipinski definition) is 3. The molecule has 0 spiro atoms. The van der Waals surface area contributed by atoms with Crippen molar-refractivity contribution >= 4 is 11.9 Å². The lowest BCUT2D eigenvalue weighted by Gasteiger charge is -2.31. The van der Waals surface area contributed by atoms with Crippen molar-refractivity contribution < 1.29 is 4.79 Å². The number of nitrogens with one attached hydrogen (secondary N) is 3. The Morgan fingerprint density at radius 1 is 1.14 bits per heavy atom. The van der Waals surface area contributed by atoms with Gasteiger partial charge in [-0.1, -0.05) is 0 Å². The summed E-state index contributed by atoms with van der Waals surface area (Å²) in [7, 11) is 3.40. The standard InChI is InChI=1S/C16H35N5O/c1-12(2)21(13(3)4)10-9-19-15(18-8)20-11-16(5,6)14(22)17-7/h12-13H,9-11H2,1-8H3,(H,17,22)(H2,18,19,20). The van der Waals surface area contributed by atoms with Crippen LogP contribution in [0.25, 0.3) is 0 Å². The maximum absolute atomic E-state index is 11.8. The SMILES string of the molecule is CN=C(NCCN(C(C)C)C(C)C)NCC(C)(C)C(=O)NC. The van der Waals surface area contributed by atoms with Crippen LogP contribution in [-0.2, 0) is 4.79 Å². The molecule has 0 aromatic rings. The molecule has 0 aliphatic rings. The Labute approximate surface area is 136 Å². The van der Waals surface area contributed by atoms with E-state index in [2.05, 4.69) is 53.5 Å². The van der Waals surface area contributed by atoms with Crippen molar-refractivity contribution in [2.75, 3.05) is 33.7 Å². The highest BCUT2D eigenvalue weighted by Gasteiger charge is 2.26. The van der Waals surface area contributed by atoms with Crippen LogP contribution in [0.1, 0.15) is 41.5 Å². The lowest BCUT2D eigenvalue weighted by molar-refractivity contribution is -0.128. The molecule has 22 heavy (non-hydrogen) atoms. The Morgan fingerprint density at radius 2 is 1.68 bits per heavy atom. The van der Waals surface area contributed by atoms with E-state index in [0.717, 1.165) is 19.0 Å². The molecule has 0 unspecified atom stereocenters. The summed E-state index contributed by atoms with van der Waals surface area (Å²) >= 11 is 0. The summed E-state index contributed by atoms with van der Waals surface area (Å²) in [6.45, 7) is 14.9. The zero-order valence-electron chi connectivity index (χ0n) is 15.6. The van der Waals surface area contributed by atoms with E-state index in [0.29, 0.717) is 18.6 Å². The van der Waals surface area contributed by atoms with E-state index in [4.69, 9.17) is 0 Å². The third kappa shape index (κ3) is 7.11. The zero-order valence-corrected chi connectivity index (χ0v) is 15.6. The van der Waals surface area contributed by atoms with Gasteiger partial charge in [0, 0.05) is 45.8 Å². The second-order valence-corrected chi connectivity index (χ2v) is 6.74. The fourth-order valence-corrected chi connectivity index (χ4v) is 2.36. The smallest absolute Gasteiger partial charge is 0.227 e. The van der Waals surface area contributed by atoms with Crippen LogP contribution in [0.5, 0.6) is 0 Å². The van der Waals surface area contributed by atoms with E-state index in [1.54, 1.807) is 14.1 Å². The van der Waals surface area contributed by atoms with Gasteiger partial charge in [0.1, 0.15) is 0 Å². The quantitative estimate of drug-likeness (QED) is 0.463. The number of nitrogens with zero attached hydrogens (tertiary/aromatic N) is 2. The number of carbonyl (C=O) groups is 1. The molecule has 130 valence electrons. The van der Waals surface area contributed by atoms with Gasteiger partial charge in [-0.2, -0.15) is 0 Å². The third-order valence-corrected chi connectivity index (χ3v) is 3.75. The molecule has 0 aromatic heterocycles. The monoisotopic (exact) mass is 313 g/mol. The van der Waals surface area contributed by atoms with Gasteiger partial charge in [-0.05, 0) is 41.5 Å². The Kier molecular flexibility index (Phi) is 9.09. The molecule has 0 aliphatic carbocycles. The first-order chi connectivity index (χ1) is 10.2. The largest absolute Gasteiger partial charge is 0.359 e. The summed E-state index contributed by atoms with van der Waals surface area (Å²) in [5.41, 5.74) is -0.478. The molecule has 6 heteroatoms. The fourth-order valence-electron chi connectivity index (χ4n) is 2.36. The molecular formula is C16H35N5O. The molecule has 0 bridgehead atoms. The van der Waals surface area contributed by atoms with Gasteiger partial charge < -0.3 is 16.0 Å². The number of aliphatic imine (C=N–C) groups is 1. The first-order valence-electron chi connectivity index (χ1n) is 8.08. The third-order valence-electron chi connectivity index (χ3n) is 3.75. The van der Waals surface area contributed by atoms with E-state index in [1.807, 2.05) is 13.8 Å². The lowest BCUT2D eigenvalue weighted by atomic mass is 9.92. The molecule has 0 radical (unpaired) electrons. The van der Waals surface area contributed by atoms with Crippen molar-refractivity contribution in [1.29, 1.82) is 0 Å². The summed E-state index contributed by atoms with van der Waals surface area (Å²) in [5.74, 6) is 0.741. The van der Waals surface area contributed by atoms with Crippen LogP contribution in [-0.4, -0.2) is 62.6 Å². The van der Waals surface area contributed by atoms with Crippen molar-refractivity contribution in [3.63, 3.8) is 0 Å². The Hall–Kier alpha value is -1.30. The summed E-state index contributed by atoms with van der Waals surface area (Å²) in [4.78, 5) is 18.4. The van der Waals surface area contributed by atoms with E-state index in [1.165, 1.54) is 0 Å². The van der Waals surface area contributed by atoms with Gasteiger partial charge in [-0.3, -0.25) is 14.7 Å². The van der Waals surface area contributed by atoms with Crippen molar-refractivity contribution in [2.45, 2.75) is 53.6 Å². The number of amides is 1. The molecule has 0 rings (SSSR count). The van der Waals surface area contributed by atoms with E-state index < -0.39 is 5.41 Å². The van der Waals surface area contributed by atoms with Gasteiger partial charge in [0.15, 0.2) is 5.96 Å². The van der Waals surface area contributed by atoms with Crippen LogP contribution < -0.4 is 16.0 Å². The van der Waals surface area contributed by atoms with E-state index in [9.17, 15) is 4.79 Å². The molecule has 6 nitrogen and oxygen atoms in total. The summed E-state index contributed by atoms with van der Waals surface area (Å²) in [6, 6.07) is 1.04. The van der Waals surface area contributed by atoms with Crippen molar-refractivity contribution in [3.05, 3.63) is 0 Å². The normalized spacial score (nSPS) is 13.0. The molecule has 0 fully saturated rings. The van der Waals surface area contributed by atoms with Gasteiger partial charge >= 0.3 is 0 Å². The van der Waals surface area contributed by atoms with Crippen molar-refractivity contribution in [3.8, 4) is 0 Å². The van der Waals surface area contributed by atoms with E-state index >= 15 is 0 Å². The predicted molar refractivity (Wildman–Crippen MR) is 94.2 cm³/mol. The van der Waals surface area contributed by atoms with Crippen LogP contribution in [0.15, 0.2) is 4.99 Å². The second kappa shape index (κ2) is 9.66. The lowest BCUT2D eigenvalue weighted by Crippen LogP contribution is -2.49. The highest BCUT2D eigenvalue weighted by atomic mass is 16.2. The van der Waals surface area contributed by atoms with Crippen molar-refractivity contribution in [1.82, 2.24) is 20.9 Å². The maximum atomic E-state index is 11.8. The summed E-state index contributed by atoms with van der Waals surface area (Å²) in [6.07, 6.45) is 0. The average Bonchev–Trinajstić information content (AvgIpc) is 2.44. The van der Waals surface area contributed by atoms with Gasteiger partial charge in [0.05, 0.1) is 5.41 Å². The minimum atomic E-state index is -0.478. The van der Waals surface area contributed by atoms with Crippen LogP contribution in [0.3, 0.4) is 0 Å². The van der Waals surface area contributed by atoms with Crippen LogP contribution >= 0.6 is 0 Å². The minimum Gasteiger partial charge on any atom is -0.359 e. The molecule has 3 N–H and O–H groups in total. The second-order valence-electron chi connectivity index (χ2n) is 6.74. The first kappa shape index (κ1) is 20.7. The molecular weight excluding hydrogens is 278 g/mol. The Bertz CT molecular complexity index is 356. The molecule has 0 saturated carbocycles. The van der Waals surface area contributed by atoms with Gasteiger partial charge in [-0.15, -0.1) is 0 Å².